The highest BCUT2D eigenvalue weighted by Crippen LogP contribution is 2.20. The summed E-state index contributed by atoms with van der Waals surface area (Å²) in [5, 5.41) is 0.636. The first-order valence-corrected chi connectivity index (χ1v) is 6.41. The Labute approximate surface area is 105 Å². The molecule has 0 aliphatic rings. The van der Waals surface area contributed by atoms with Crippen LogP contribution in [0, 0.1) is 13.8 Å². The van der Waals surface area contributed by atoms with Crippen molar-refractivity contribution in [1.29, 1.82) is 0 Å². The van der Waals surface area contributed by atoms with Gasteiger partial charge in [-0.25, -0.2) is 9.78 Å². The van der Waals surface area contributed by atoms with Gasteiger partial charge in [-0.15, -0.1) is 0 Å². The third-order valence-corrected chi connectivity index (χ3v) is 3.13. The molecule has 0 fully saturated rings. The predicted molar refractivity (Wildman–Crippen MR) is 67.1 cm³/mol. The largest absolute Gasteiger partial charge is 0.466 e. The summed E-state index contributed by atoms with van der Waals surface area (Å²) in [4.78, 5) is 15.6. The molecular weight excluding hydrogens is 238 g/mol. The van der Waals surface area contributed by atoms with Crippen LogP contribution in [0.5, 0.6) is 0 Å². The van der Waals surface area contributed by atoms with Gasteiger partial charge in [-0.3, -0.25) is 0 Å². The van der Waals surface area contributed by atoms with E-state index in [9.17, 15) is 4.79 Å². The van der Waals surface area contributed by atoms with Gasteiger partial charge in [0.2, 0.25) is 0 Å². The van der Waals surface area contributed by atoms with Crippen LogP contribution in [0.4, 0.5) is 0 Å². The minimum atomic E-state index is -0.270. The van der Waals surface area contributed by atoms with Crippen molar-refractivity contribution in [3.8, 4) is 0 Å². The molecule has 5 heteroatoms. The molecule has 0 atom stereocenters. The van der Waals surface area contributed by atoms with E-state index >= 15 is 0 Å². The van der Waals surface area contributed by atoms with Crippen LogP contribution in [0.25, 0.3) is 0 Å². The maximum absolute atomic E-state index is 11.3. The summed E-state index contributed by atoms with van der Waals surface area (Å²) in [6, 6.07) is 0. The molecule has 1 heterocycles. The Balaban J connectivity index is 2.56. The number of thioether (sulfide) groups is 1. The molecule has 94 valence electrons. The summed E-state index contributed by atoms with van der Waals surface area (Å²) in [6.45, 7) is 5.71. The van der Waals surface area contributed by atoms with Crippen molar-refractivity contribution < 1.29 is 13.9 Å². The van der Waals surface area contributed by atoms with Crippen LogP contribution in [-0.4, -0.2) is 23.8 Å². The van der Waals surface area contributed by atoms with E-state index in [-0.39, 0.29) is 5.97 Å². The summed E-state index contributed by atoms with van der Waals surface area (Å²) in [7, 11) is 1.39. The fourth-order valence-electron chi connectivity index (χ4n) is 1.22. The van der Waals surface area contributed by atoms with Crippen LogP contribution in [-0.2, 0) is 9.53 Å². The monoisotopic (exact) mass is 255 g/mol. The normalized spacial score (nSPS) is 11.6. The molecule has 0 amide bonds. The van der Waals surface area contributed by atoms with Gasteiger partial charge >= 0.3 is 5.97 Å². The lowest BCUT2D eigenvalue weighted by Crippen LogP contribution is -2.04. The number of carbonyl (C=O) groups is 1. The van der Waals surface area contributed by atoms with Gasteiger partial charge in [0.05, 0.1) is 12.8 Å². The van der Waals surface area contributed by atoms with Gasteiger partial charge in [-0.1, -0.05) is 24.8 Å². The third kappa shape index (κ3) is 3.93. The van der Waals surface area contributed by atoms with Crippen molar-refractivity contribution in [1.82, 2.24) is 4.98 Å². The van der Waals surface area contributed by atoms with E-state index in [1.54, 1.807) is 0 Å². The highest BCUT2D eigenvalue weighted by Gasteiger charge is 2.08. The van der Waals surface area contributed by atoms with E-state index in [4.69, 9.17) is 4.42 Å². The van der Waals surface area contributed by atoms with Gasteiger partial charge in [0, 0.05) is 11.3 Å². The molecule has 0 bridgehead atoms. The standard InChI is InChI=1S/C12H17NO3S/c1-5-10(11(14)15-4)6-7-17-12-13-8(2)9(3)16-12/h6H,5,7H2,1-4H3. The predicted octanol–water partition coefficient (Wildman–Crippen LogP) is 2.89. The molecule has 17 heavy (non-hydrogen) atoms. The zero-order chi connectivity index (χ0) is 12.8. The Morgan fingerprint density at radius 2 is 2.24 bits per heavy atom. The first-order chi connectivity index (χ1) is 8.08. The summed E-state index contributed by atoms with van der Waals surface area (Å²) < 4.78 is 10.1. The Bertz CT molecular complexity index is 404. The third-order valence-electron chi connectivity index (χ3n) is 2.37. The van der Waals surface area contributed by atoms with Crippen molar-refractivity contribution in [3.05, 3.63) is 23.1 Å². The summed E-state index contributed by atoms with van der Waals surface area (Å²) in [5.74, 6) is 1.21. The molecule has 1 rings (SSSR count). The Kier molecular flexibility index (Phi) is 5.28. The van der Waals surface area contributed by atoms with Crippen molar-refractivity contribution >= 4 is 17.7 Å². The molecule has 0 spiro atoms. The second kappa shape index (κ2) is 6.49. The number of nitrogens with zero attached hydrogens (tertiary/aromatic N) is 1. The quantitative estimate of drug-likeness (QED) is 0.460. The van der Waals surface area contributed by atoms with Gasteiger partial charge in [0.25, 0.3) is 5.22 Å². The van der Waals surface area contributed by atoms with E-state index in [0.717, 1.165) is 11.5 Å². The van der Waals surface area contributed by atoms with Crippen molar-refractivity contribution in [3.63, 3.8) is 0 Å². The fraction of sp³-hybridized carbons (Fsp3) is 0.500. The minimum Gasteiger partial charge on any atom is -0.466 e. The van der Waals surface area contributed by atoms with Crippen LogP contribution < -0.4 is 0 Å². The highest BCUT2D eigenvalue weighted by molar-refractivity contribution is 7.99. The molecule has 0 saturated carbocycles. The van der Waals surface area contributed by atoms with E-state index in [1.165, 1.54) is 18.9 Å². The second-order valence-electron chi connectivity index (χ2n) is 3.51. The number of carbonyl (C=O) groups excluding carboxylic acids is 1. The number of methoxy groups -OCH3 is 1. The number of ether oxygens (including phenoxy) is 1. The average Bonchev–Trinajstić information content (AvgIpc) is 2.63. The van der Waals surface area contributed by atoms with E-state index in [0.29, 0.717) is 23.0 Å². The molecule has 0 radical (unpaired) electrons. The zero-order valence-corrected chi connectivity index (χ0v) is 11.4. The SMILES string of the molecule is CCC(=CCSc1nc(C)c(C)o1)C(=O)OC. The lowest BCUT2D eigenvalue weighted by atomic mass is 10.2. The number of aromatic nitrogens is 1. The van der Waals surface area contributed by atoms with Crippen molar-refractivity contribution in [2.24, 2.45) is 0 Å². The second-order valence-corrected chi connectivity index (χ2v) is 4.48. The number of esters is 1. The van der Waals surface area contributed by atoms with E-state index in [2.05, 4.69) is 9.72 Å². The van der Waals surface area contributed by atoms with E-state index in [1.807, 2.05) is 26.8 Å². The summed E-state index contributed by atoms with van der Waals surface area (Å²) in [6.07, 6.45) is 2.52. The molecule has 0 aliphatic heterocycles. The number of rotatable bonds is 5. The highest BCUT2D eigenvalue weighted by atomic mass is 32.2. The first kappa shape index (κ1) is 13.8. The molecule has 0 unspecified atom stereocenters. The van der Waals surface area contributed by atoms with Crippen molar-refractivity contribution in [2.45, 2.75) is 32.4 Å². The van der Waals surface area contributed by atoms with Crippen LogP contribution in [0.2, 0.25) is 0 Å². The Morgan fingerprint density at radius 3 is 2.71 bits per heavy atom. The maximum Gasteiger partial charge on any atom is 0.333 e. The van der Waals surface area contributed by atoms with Crippen LogP contribution in [0.15, 0.2) is 21.3 Å². The number of hydrogen-bond donors (Lipinski definition) is 0. The van der Waals surface area contributed by atoms with Gasteiger partial charge in [-0.2, -0.15) is 0 Å². The van der Waals surface area contributed by atoms with Crippen molar-refractivity contribution in [2.75, 3.05) is 12.9 Å². The van der Waals surface area contributed by atoms with Crippen LogP contribution >= 0.6 is 11.8 Å². The number of hydrogen-bond acceptors (Lipinski definition) is 5. The van der Waals surface area contributed by atoms with Gasteiger partial charge in [-0.05, 0) is 20.3 Å². The summed E-state index contributed by atoms with van der Waals surface area (Å²) >= 11 is 1.47. The molecule has 1 aromatic heterocycles. The molecule has 0 N–H and O–H groups in total. The topological polar surface area (TPSA) is 52.3 Å². The maximum atomic E-state index is 11.3. The zero-order valence-electron chi connectivity index (χ0n) is 10.6. The summed E-state index contributed by atoms with van der Waals surface area (Å²) in [5.41, 5.74) is 1.58. The van der Waals surface area contributed by atoms with Gasteiger partial charge < -0.3 is 9.15 Å². The molecule has 0 aliphatic carbocycles. The smallest absolute Gasteiger partial charge is 0.333 e. The lowest BCUT2D eigenvalue weighted by Gasteiger charge is -2.00. The van der Waals surface area contributed by atoms with E-state index < -0.39 is 0 Å². The Morgan fingerprint density at radius 1 is 1.53 bits per heavy atom. The Hall–Kier alpha value is -1.23. The minimum absolute atomic E-state index is 0.270. The van der Waals surface area contributed by atoms with Crippen LogP contribution in [0.1, 0.15) is 24.8 Å². The van der Waals surface area contributed by atoms with Gasteiger partial charge in [0.15, 0.2) is 0 Å². The first-order valence-electron chi connectivity index (χ1n) is 5.42. The van der Waals surface area contributed by atoms with Crippen LogP contribution in [0.3, 0.4) is 0 Å². The number of oxazole rings is 1. The fourth-order valence-corrected chi connectivity index (χ4v) is 2.03. The molecule has 0 saturated heterocycles. The lowest BCUT2D eigenvalue weighted by molar-refractivity contribution is -0.136. The average molecular weight is 255 g/mol. The van der Waals surface area contributed by atoms with Gasteiger partial charge in [0.1, 0.15) is 5.76 Å². The number of aryl methyl sites for hydroxylation is 2. The molecule has 1 aromatic rings. The molecule has 0 aromatic carbocycles. The molecule has 4 nitrogen and oxygen atoms in total. The molecular formula is C12H17NO3S.